The summed E-state index contributed by atoms with van der Waals surface area (Å²) in [5.41, 5.74) is 0. The molecule has 0 N–H and O–H groups in total. The van der Waals surface area contributed by atoms with Crippen LogP contribution >= 0.6 is 81.2 Å². The van der Waals surface area contributed by atoms with Crippen molar-refractivity contribution < 1.29 is 17.9 Å². The molecule has 0 saturated carbocycles. The second kappa shape index (κ2) is 7.84. The normalized spacial score (nSPS) is 27.6. The Morgan fingerprint density at radius 2 is 2.00 bits per heavy atom. The second-order valence-electron chi connectivity index (χ2n) is 2.78. The molecular weight excluding hydrogens is 575 g/mol. The van der Waals surface area contributed by atoms with Crippen molar-refractivity contribution >= 4 is 102 Å². The fourth-order valence-corrected chi connectivity index (χ4v) is 3.90. The molecule has 100 valence electrons. The van der Waals surface area contributed by atoms with Crippen LogP contribution in [0.2, 0.25) is 0 Å². The van der Waals surface area contributed by atoms with E-state index in [1.54, 1.807) is 0 Å². The Kier molecular flexibility index (Phi) is 8.32. The Balaban J connectivity index is 2.80. The minimum absolute atomic E-state index is 0.120. The molecule has 0 aromatic rings. The van der Waals surface area contributed by atoms with Crippen LogP contribution in [0.15, 0.2) is 0 Å². The van der Waals surface area contributed by atoms with Crippen LogP contribution in [-0.4, -0.2) is 29.1 Å². The van der Waals surface area contributed by atoms with Crippen molar-refractivity contribution in [1.82, 2.24) is 0 Å². The summed E-state index contributed by atoms with van der Waals surface area (Å²) >= 11 is 15.7. The van der Waals surface area contributed by atoms with Crippen LogP contribution in [0, 0.1) is 0 Å². The van der Waals surface area contributed by atoms with Gasteiger partial charge in [-0.05, 0) is 0 Å². The molecule has 0 radical (unpaired) electrons. The molecule has 0 spiro atoms. The minimum atomic E-state index is -1.73. The molecule has 1 aliphatic rings. The van der Waals surface area contributed by atoms with Crippen LogP contribution in [0.25, 0.3) is 0 Å². The van der Waals surface area contributed by atoms with E-state index in [1.165, 1.54) is 0 Å². The molecule has 1 rings (SSSR count). The third-order valence-corrected chi connectivity index (χ3v) is 5.13. The first-order chi connectivity index (χ1) is 7.75. The Labute approximate surface area is 141 Å². The van der Waals surface area contributed by atoms with Crippen LogP contribution in [-0.2, 0) is 32.5 Å². The van der Waals surface area contributed by atoms with E-state index >= 15 is 0 Å². The third kappa shape index (κ3) is 5.36. The number of carbonyl (C=O) groups excluding carboxylic acids is 1. The van der Waals surface area contributed by atoms with Gasteiger partial charge in [0.25, 0.3) is 0 Å². The van der Waals surface area contributed by atoms with Gasteiger partial charge in [-0.2, -0.15) is 0 Å². The zero-order valence-corrected chi connectivity index (χ0v) is 17.0. The molecule has 1 aliphatic heterocycles. The number of esters is 1. The number of carbonyl (C=O) groups is 1. The second-order valence-corrected chi connectivity index (χ2v) is 16.4. The number of rotatable bonds is 3. The molecule has 0 bridgehead atoms. The fourth-order valence-electron chi connectivity index (χ4n) is 1.08. The summed E-state index contributed by atoms with van der Waals surface area (Å²) in [6, 6.07) is 0. The molecule has 12 heteroatoms. The summed E-state index contributed by atoms with van der Waals surface area (Å²) in [6.07, 6.45) is -1.48. The van der Waals surface area contributed by atoms with Gasteiger partial charge < -0.3 is 0 Å². The molecule has 1 fully saturated rings. The molecule has 0 amide bonds. The van der Waals surface area contributed by atoms with Crippen molar-refractivity contribution in [1.29, 1.82) is 0 Å². The zero-order chi connectivity index (χ0) is 13.2. The summed E-state index contributed by atoms with van der Waals surface area (Å²) < 4.78 is 14.0. The average molecular weight is 579 g/mol. The summed E-state index contributed by atoms with van der Waals surface area (Å²) in [5.74, 6) is -0.734. The van der Waals surface area contributed by atoms with E-state index in [9.17, 15) is 4.79 Å². The van der Waals surface area contributed by atoms with Gasteiger partial charge in [-0.1, -0.05) is 0 Å². The van der Waals surface area contributed by atoms with Gasteiger partial charge in [0.05, 0.1) is 0 Å². The molecule has 17 heavy (non-hydrogen) atoms. The van der Waals surface area contributed by atoms with Gasteiger partial charge in [0, 0.05) is 0 Å². The van der Waals surface area contributed by atoms with E-state index in [4.69, 9.17) is 36.3 Å². The first-order valence-corrected chi connectivity index (χ1v) is 14.1. The molecule has 1 heterocycles. The summed E-state index contributed by atoms with van der Waals surface area (Å²) in [6.45, 7) is 0.120. The van der Waals surface area contributed by atoms with Crippen LogP contribution in [0.5, 0.6) is 0 Å². The predicted molar refractivity (Wildman–Crippen MR) is 91.8 cm³/mol. The molecule has 4 nitrogen and oxygen atoms in total. The predicted octanol–water partition coefficient (Wildman–Crippen LogP) is 3.91. The first kappa shape index (κ1) is 18.0. The Bertz CT molecular complexity index is 458. The van der Waals surface area contributed by atoms with E-state index < -0.39 is 37.2 Å². The van der Waals surface area contributed by atoms with E-state index in [-0.39, 0.29) is 6.61 Å². The molecular formula is C5H4Cl2I2O4P2S2-2. The molecule has 0 aliphatic carbocycles. The van der Waals surface area contributed by atoms with Gasteiger partial charge >= 0.3 is 143 Å². The van der Waals surface area contributed by atoms with Crippen LogP contribution in [0.4, 0.5) is 0 Å². The number of hydrogen-bond donors (Lipinski definition) is 0. The van der Waals surface area contributed by atoms with E-state index in [1.807, 2.05) is 42.4 Å². The monoisotopic (exact) mass is 578 g/mol. The van der Waals surface area contributed by atoms with E-state index in [0.717, 1.165) is 0 Å². The van der Waals surface area contributed by atoms with Crippen molar-refractivity contribution in [2.45, 2.75) is 16.5 Å². The Morgan fingerprint density at radius 1 is 1.41 bits per heavy atom. The number of ether oxygens (including phenoxy) is 1. The maximum absolute atomic E-state index is 11.5. The molecule has 1 saturated heterocycles. The van der Waals surface area contributed by atoms with Gasteiger partial charge in [-0.15, -0.1) is 0 Å². The number of cyclic esters (lactones) is 1. The molecule has 2 atom stereocenters. The molecule has 0 aromatic carbocycles. The van der Waals surface area contributed by atoms with Crippen molar-refractivity contribution in [3.63, 3.8) is 0 Å². The Morgan fingerprint density at radius 3 is 2.47 bits per heavy atom. The topological polar surface area (TPSA) is 44.8 Å². The van der Waals surface area contributed by atoms with Crippen LogP contribution < -0.4 is 0 Å². The quantitative estimate of drug-likeness (QED) is 0.168. The molecule has 0 unspecified atom stereocenters. The summed E-state index contributed by atoms with van der Waals surface area (Å²) in [4.78, 5) is 11.5. The van der Waals surface area contributed by atoms with E-state index in [0.29, 0.717) is 0 Å². The Hall–Kier alpha value is 2.99. The third-order valence-electron chi connectivity index (χ3n) is 1.74. The van der Waals surface area contributed by atoms with Gasteiger partial charge in [0.1, 0.15) is 0 Å². The van der Waals surface area contributed by atoms with Gasteiger partial charge in [0.2, 0.25) is 0 Å². The SMILES string of the molecule is O=C1O[C@H](CO[S-](#P)I)[C@@H](O[S-](#P)I)C1(Cl)Cl. The van der Waals surface area contributed by atoms with Crippen LogP contribution in [0.1, 0.15) is 0 Å². The average Bonchev–Trinajstić information content (AvgIpc) is 2.38. The summed E-state index contributed by atoms with van der Waals surface area (Å²) in [7, 11) is 6.87. The van der Waals surface area contributed by atoms with Crippen molar-refractivity contribution in [3.8, 4) is 0 Å². The van der Waals surface area contributed by atoms with E-state index in [2.05, 4.69) is 15.6 Å². The maximum atomic E-state index is 11.5. The van der Waals surface area contributed by atoms with Crippen LogP contribution in [0.3, 0.4) is 0 Å². The number of halogens is 4. The van der Waals surface area contributed by atoms with Gasteiger partial charge in [-0.3, -0.25) is 0 Å². The number of hydrogen-bond acceptors (Lipinski definition) is 6. The van der Waals surface area contributed by atoms with Crippen molar-refractivity contribution in [2.75, 3.05) is 6.61 Å². The number of alkyl halides is 2. The summed E-state index contributed by atoms with van der Waals surface area (Å²) in [5, 5.41) is 0. The fraction of sp³-hybridized carbons (Fsp3) is 0.800. The van der Waals surface area contributed by atoms with Gasteiger partial charge in [0.15, 0.2) is 0 Å². The molecule has 0 aromatic heterocycles. The van der Waals surface area contributed by atoms with Crippen molar-refractivity contribution in [2.24, 2.45) is 0 Å². The van der Waals surface area contributed by atoms with Crippen molar-refractivity contribution in [3.05, 3.63) is 0 Å². The zero-order valence-electron chi connectivity index (χ0n) is 7.72. The standard InChI is InChI=1S/C5H4Cl2I2O4P2S2/c6-5(7)3(13-17(9)15)2(12-4(5)10)1-11-16(8)14/h2-3H,1H2/q-2/t2-,3-/m1/s1. The first-order valence-electron chi connectivity index (χ1n) is 3.83. The van der Waals surface area contributed by atoms with Gasteiger partial charge in [-0.25, -0.2) is 0 Å².